The fraction of sp³-hybridized carbons (Fsp3) is 0.167. The van der Waals surface area contributed by atoms with Crippen LogP contribution in [0.5, 0.6) is 0 Å². The molecule has 20 heavy (non-hydrogen) atoms. The molecule has 0 saturated heterocycles. The number of hydrogen-bond donors (Lipinski definition) is 1. The van der Waals surface area contributed by atoms with Gasteiger partial charge >= 0.3 is 0 Å². The number of benzene rings is 1. The largest absolute Gasteiger partial charge is 0.324 e. The Balaban J connectivity index is 2.05. The van der Waals surface area contributed by atoms with E-state index >= 15 is 0 Å². The maximum absolute atomic E-state index is 12.0. The first-order valence-electron chi connectivity index (χ1n) is 5.72. The third-order valence-electron chi connectivity index (χ3n) is 2.69. The normalized spacial score (nSPS) is 11.9. The molecule has 1 heterocycles. The molecular formula is C12H11ClN4O3. The molecule has 7 nitrogen and oxygen atoms in total. The van der Waals surface area contributed by atoms with Gasteiger partial charge in [0.2, 0.25) is 5.91 Å². The Kier molecular flexibility index (Phi) is 3.99. The van der Waals surface area contributed by atoms with Crippen LogP contribution in [0.4, 0.5) is 11.4 Å². The van der Waals surface area contributed by atoms with Crippen molar-refractivity contribution in [2.45, 2.75) is 13.0 Å². The number of carbonyl (C=O) groups excluding carboxylic acids is 1. The van der Waals surface area contributed by atoms with E-state index < -0.39 is 11.0 Å². The van der Waals surface area contributed by atoms with Gasteiger partial charge in [0.15, 0.2) is 0 Å². The smallest absolute Gasteiger partial charge is 0.269 e. The van der Waals surface area contributed by atoms with Crippen molar-refractivity contribution in [3.63, 3.8) is 0 Å². The topological polar surface area (TPSA) is 90.1 Å². The molecule has 1 aromatic heterocycles. The third-order valence-corrected chi connectivity index (χ3v) is 2.89. The van der Waals surface area contributed by atoms with E-state index in [0.29, 0.717) is 10.7 Å². The maximum Gasteiger partial charge on any atom is 0.269 e. The number of nitrogens with one attached hydrogen (secondary N) is 1. The number of nitro groups is 1. The first-order valence-corrected chi connectivity index (χ1v) is 6.10. The molecule has 0 aliphatic carbocycles. The summed E-state index contributed by atoms with van der Waals surface area (Å²) in [5.74, 6) is -0.293. The molecule has 1 amide bonds. The Morgan fingerprint density at radius 2 is 2.10 bits per heavy atom. The molecule has 1 atom stereocenters. The van der Waals surface area contributed by atoms with Crippen LogP contribution in [0.2, 0.25) is 5.02 Å². The fourth-order valence-electron chi connectivity index (χ4n) is 1.56. The van der Waals surface area contributed by atoms with E-state index in [4.69, 9.17) is 11.6 Å². The number of non-ortho nitro benzene ring substituents is 1. The van der Waals surface area contributed by atoms with E-state index in [9.17, 15) is 14.9 Å². The van der Waals surface area contributed by atoms with Gasteiger partial charge in [0.05, 0.1) is 16.1 Å². The maximum atomic E-state index is 12.0. The van der Waals surface area contributed by atoms with Crippen molar-refractivity contribution in [2.24, 2.45) is 0 Å². The lowest BCUT2D eigenvalue weighted by atomic mass is 10.2. The molecule has 8 heteroatoms. The van der Waals surface area contributed by atoms with Crippen molar-refractivity contribution in [3.05, 3.63) is 51.8 Å². The average molecular weight is 295 g/mol. The monoisotopic (exact) mass is 294 g/mol. The quantitative estimate of drug-likeness (QED) is 0.693. The van der Waals surface area contributed by atoms with Crippen LogP contribution in [0.25, 0.3) is 0 Å². The van der Waals surface area contributed by atoms with Gasteiger partial charge in [-0.1, -0.05) is 11.6 Å². The number of nitro benzene ring substituents is 1. The highest BCUT2D eigenvalue weighted by Crippen LogP contribution is 2.17. The summed E-state index contributed by atoms with van der Waals surface area (Å²) in [6.45, 7) is 1.67. The molecule has 2 rings (SSSR count). The highest BCUT2D eigenvalue weighted by Gasteiger charge is 2.16. The van der Waals surface area contributed by atoms with E-state index in [1.807, 2.05) is 0 Å². The van der Waals surface area contributed by atoms with E-state index in [-0.39, 0.29) is 11.6 Å². The molecule has 1 aromatic carbocycles. The van der Waals surface area contributed by atoms with Crippen molar-refractivity contribution in [1.29, 1.82) is 0 Å². The molecule has 0 spiro atoms. The second-order valence-corrected chi connectivity index (χ2v) is 4.54. The zero-order valence-electron chi connectivity index (χ0n) is 10.5. The summed E-state index contributed by atoms with van der Waals surface area (Å²) in [6.07, 6.45) is 2.98. The van der Waals surface area contributed by atoms with Crippen LogP contribution in [0.1, 0.15) is 13.0 Å². The van der Waals surface area contributed by atoms with E-state index in [2.05, 4.69) is 10.4 Å². The zero-order valence-corrected chi connectivity index (χ0v) is 11.2. The Labute approximate surface area is 119 Å². The minimum absolute atomic E-state index is 0.0325. The van der Waals surface area contributed by atoms with Crippen LogP contribution in [-0.2, 0) is 4.79 Å². The Morgan fingerprint density at radius 3 is 2.60 bits per heavy atom. The highest BCUT2D eigenvalue weighted by atomic mass is 35.5. The van der Waals surface area contributed by atoms with Crippen molar-refractivity contribution in [2.75, 3.05) is 5.32 Å². The summed E-state index contributed by atoms with van der Waals surface area (Å²) in [5.41, 5.74) is 0.445. The average Bonchev–Trinajstić information content (AvgIpc) is 2.85. The molecule has 0 radical (unpaired) electrons. The lowest BCUT2D eigenvalue weighted by Gasteiger charge is -2.12. The summed E-state index contributed by atoms with van der Waals surface area (Å²) in [7, 11) is 0. The van der Waals surface area contributed by atoms with Gasteiger partial charge in [0.1, 0.15) is 6.04 Å². The van der Waals surface area contributed by atoms with Crippen LogP contribution >= 0.6 is 11.6 Å². The molecule has 1 N–H and O–H groups in total. The first-order chi connectivity index (χ1) is 9.47. The highest BCUT2D eigenvalue weighted by molar-refractivity contribution is 6.30. The van der Waals surface area contributed by atoms with Gasteiger partial charge < -0.3 is 5.32 Å². The summed E-state index contributed by atoms with van der Waals surface area (Å²) in [6, 6.07) is 5.05. The molecule has 0 aliphatic heterocycles. The van der Waals surface area contributed by atoms with E-state index in [1.54, 1.807) is 13.1 Å². The molecule has 1 unspecified atom stereocenters. The first kappa shape index (κ1) is 14.0. The van der Waals surface area contributed by atoms with Crippen LogP contribution in [-0.4, -0.2) is 20.6 Å². The van der Waals surface area contributed by atoms with Gasteiger partial charge in [-0.2, -0.15) is 5.10 Å². The molecular weight excluding hydrogens is 284 g/mol. The summed E-state index contributed by atoms with van der Waals surface area (Å²) in [4.78, 5) is 22.0. The molecule has 2 aromatic rings. The van der Waals surface area contributed by atoms with Crippen molar-refractivity contribution in [3.8, 4) is 0 Å². The zero-order chi connectivity index (χ0) is 14.7. The molecule has 0 saturated carbocycles. The van der Waals surface area contributed by atoms with E-state index in [0.717, 1.165) is 0 Å². The number of amides is 1. The number of carbonyl (C=O) groups is 1. The van der Waals surface area contributed by atoms with Crippen molar-refractivity contribution >= 4 is 28.9 Å². The Morgan fingerprint density at radius 1 is 1.45 bits per heavy atom. The summed E-state index contributed by atoms with van der Waals surface area (Å²) >= 11 is 5.74. The third kappa shape index (κ3) is 3.12. The van der Waals surface area contributed by atoms with Gasteiger partial charge in [-0.25, -0.2) is 0 Å². The van der Waals surface area contributed by atoms with Crippen LogP contribution in [0.15, 0.2) is 36.7 Å². The number of hydrogen-bond acceptors (Lipinski definition) is 4. The lowest BCUT2D eigenvalue weighted by molar-refractivity contribution is -0.384. The predicted molar refractivity (Wildman–Crippen MR) is 73.7 cm³/mol. The van der Waals surface area contributed by atoms with Crippen LogP contribution < -0.4 is 5.32 Å². The Bertz CT molecular complexity index is 638. The van der Waals surface area contributed by atoms with Gasteiger partial charge in [-0.05, 0) is 19.1 Å². The SMILES string of the molecule is CC(C(=O)Nc1ccc([N+](=O)[O-])cc1)n1cc(Cl)cn1. The predicted octanol–water partition coefficient (Wildman–Crippen LogP) is 2.64. The number of aromatic nitrogens is 2. The van der Waals surface area contributed by atoms with Gasteiger partial charge in [0, 0.05) is 24.0 Å². The minimum atomic E-state index is -0.544. The molecule has 104 valence electrons. The second kappa shape index (κ2) is 5.70. The number of nitrogens with zero attached hydrogens (tertiary/aromatic N) is 3. The minimum Gasteiger partial charge on any atom is -0.324 e. The summed E-state index contributed by atoms with van der Waals surface area (Å²) in [5, 5.41) is 17.6. The van der Waals surface area contributed by atoms with Crippen molar-refractivity contribution < 1.29 is 9.72 Å². The van der Waals surface area contributed by atoms with Crippen molar-refractivity contribution in [1.82, 2.24) is 9.78 Å². The summed E-state index contributed by atoms with van der Waals surface area (Å²) < 4.78 is 1.43. The van der Waals surface area contributed by atoms with Gasteiger partial charge in [0.25, 0.3) is 5.69 Å². The number of anilines is 1. The lowest BCUT2D eigenvalue weighted by Crippen LogP contribution is -2.23. The van der Waals surface area contributed by atoms with Crippen LogP contribution in [0.3, 0.4) is 0 Å². The van der Waals surface area contributed by atoms with E-state index in [1.165, 1.54) is 35.1 Å². The Hall–Kier alpha value is -2.41. The number of halogens is 1. The standard InChI is InChI=1S/C12H11ClN4O3/c1-8(16-7-9(13)6-14-16)12(18)15-10-2-4-11(5-3-10)17(19)20/h2-8H,1H3,(H,15,18). The molecule has 0 aliphatic rings. The second-order valence-electron chi connectivity index (χ2n) is 4.11. The van der Waals surface area contributed by atoms with Gasteiger partial charge in [-0.15, -0.1) is 0 Å². The number of rotatable bonds is 4. The molecule has 0 bridgehead atoms. The fourth-order valence-corrected chi connectivity index (χ4v) is 1.70. The molecule has 0 fully saturated rings. The van der Waals surface area contributed by atoms with Crippen LogP contribution in [0, 0.1) is 10.1 Å². The van der Waals surface area contributed by atoms with Gasteiger partial charge in [-0.3, -0.25) is 19.6 Å².